The molecule has 2 heterocycles. The maximum atomic E-state index is 14.1. The van der Waals surface area contributed by atoms with Crippen LogP contribution in [-0.4, -0.2) is 26.6 Å². The van der Waals surface area contributed by atoms with Gasteiger partial charge < -0.3 is 10.5 Å². The monoisotopic (exact) mass is 337 g/mol. The molecule has 2 N–H and O–H groups in total. The Morgan fingerprint density at radius 2 is 2.15 bits per heavy atom. The Morgan fingerprint density at radius 3 is 2.85 bits per heavy atom. The number of rotatable bonds is 2. The summed E-state index contributed by atoms with van der Waals surface area (Å²) in [5.74, 6) is -0.0551. The number of aromatic nitrogens is 4. The molecule has 3 aromatic rings. The van der Waals surface area contributed by atoms with Crippen LogP contribution in [0.5, 0.6) is 5.88 Å². The van der Waals surface area contributed by atoms with Crippen molar-refractivity contribution in [2.75, 3.05) is 12.8 Å². The van der Waals surface area contributed by atoms with Crippen molar-refractivity contribution in [1.29, 1.82) is 0 Å². The summed E-state index contributed by atoms with van der Waals surface area (Å²) in [6.45, 7) is 0. The summed E-state index contributed by atoms with van der Waals surface area (Å²) in [7, 11) is 1.47. The van der Waals surface area contributed by atoms with Gasteiger partial charge in [-0.1, -0.05) is 6.07 Å². The molecule has 8 heteroatoms. The average Bonchev–Trinajstić information content (AvgIpc) is 2.75. The van der Waals surface area contributed by atoms with Gasteiger partial charge in [0.15, 0.2) is 11.2 Å². The SMILES string of the molecule is COc1ncnc2c1nc(N)n2-c1c(F)cccc1Br. The molecule has 0 radical (unpaired) electrons. The number of imidazole rings is 1. The second kappa shape index (κ2) is 4.71. The summed E-state index contributed by atoms with van der Waals surface area (Å²) in [6.07, 6.45) is 1.31. The second-order valence-electron chi connectivity index (χ2n) is 3.93. The van der Waals surface area contributed by atoms with Gasteiger partial charge in [0.1, 0.15) is 17.8 Å². The topological polar surface area (TPSA) is 78.8 Å². The van der Waals surface area contributed by atoms with Gasteiger partial charge in [-0.3, -0.25) is 4.57 Å². The third kappa shape index (κ3) is 1.80. The Morgan fingerprint density at radius 1 is 1.35 bits per heavy atom. The number of nitrogens with zero attached hydrogens (tertiary/aromatic N) is 4. The molecule has 0 spiro atoms. The molecule has 0 bridgehead atoms. The van der Waals surface area contributed by atoms with Crippen LogP contribution in [0.1, 0.15) is 0 Å². The summed E-state index contributed by atoms with van der Waals surface area (Å²) in [4.78, 5) is 12.2. The zero-order chi connectivity index (χ0) is 14.3. The molecule has 6 nitrogen and oxygen atoms in total. The fourth-order valence-corrected chi connectivity index (χ4v) is 2.48. The Labute approximate surface area is 121 Å². The van der Waals surface area contributed by atoms with Crippen LogP contribution in [0.4, 0.5) is 10.3 Å². The summed E-state index contributed by atoms with van der Waals surface area (Å²) in [5, 5.41) is 0. The van der Waals surface area contributed by atoms with Crippen LogP contribution >= 0.6 is 15.9 Å². The zero-order valence-corrected chi connectivity index (χ0v) is 11.9. The first kappa shape index (κ1) is 12.8. The third-order valence-electron chi connectivity index (χ3n) is 2.79. The van der Waals surface area contributed by atoms with Gasteiger partial charge in [-0.15, -0.1) is 0 Å². The van der Waals surface area contributed by atoms with E-state index in [1.807, 2.05) is 0 Å². The minimum atomic E-state index is -0.442. The molecule has 0 aliphatic heterocycles. The highest BCUT2D eigenvalue weighted by Gasteiger charge is 2.19. The molecule has 0 amide bonds. The number of anilines is 1. The molecule has 0 aliphatic carbocycles. The largest absolute Gasteiger partial charge is 0.479 e. The first-order valence-electron chi connectivity index (χ1n) is 5.60. The van der Waals surface area contributed by atoms with E-state index in [1.54, 1.807) is 12.1 Å². The highest BCUT2D eigenvalue weighted by atomic mass is 79.9. The average molecular weight is 338 g/mol. The highest BCUT2D eigenvalue weighted by Crippen LogP contribution is 2.31. The maximum absolute atomic E-state index is 14.1. The number of nitrogens with two attached hydrogens (primary N) is 1. The number of para-hydroxylation sites is 1. The smallest absolute Gasteiger partial charge is 0.245 e. The Hall–Kier alpha value is -2.22. The molecule has 1 aromatic carbocycles. The Bertz CT molecular complexity index is 784. The van der Waals surface area contributed by atoms with E-state index in [2.05, 4.69) is 30.9 Å². The van der Waals surface area contributed by atoms with E-state index in [-0.39, 0.29) is 17.5 Å². The van der Waals surface area contributed by atoms with Crippen LogP contribution in [0.2, 0.25) is 0 Å². The van der Waals surface area contributed by atoms with Crippen molar-refractivity contribution in [2.24, 2.45) is 0 Å². The lowest BCUT2D eigenvalue weighted by atomic mass is 10.3. The number of fused-ring (bicyclic) bond motifs is 1. The standard InChI is InChI=1S/C12H9BrFN5O/c1-20-11-8-10(16-5-17-11)19(12(15)18-8)9-6(13)3-2-4-7(9)14/h2-5H,1H3,(H2,15,18). The molecule has 0 aliphatic rings. The quantitative estimate of drug-likeness (QED) is 0.776. The normalized spacial score (nSPS) is 10.9. The first-order chi connectivity index (χ1) is 9.63. The lowest BCUT2D eigenvalue weighted by Gasteiger charge is -2.09. The predicted octanol–water partition coefficient (Wildman–Crippen LogP) is 2.31. The molecular formula is C12H9BrFN5O. The maximum Gasteiger partial charge on any atom is 0.245 e. The number of ether oxygens (including phenoxy) is 1. The van der Waals surface area contributed by atoms with E-state index >= 15 is 0 Å². The Balaban J connectivity index is 2.40. The van der Waals surface area contributed by atoms with Gasteiger partial charge in [0.2, 0.25) is 11.8 Å². The predicted molar refractivity (Wildman–Crippen MR) is 75.3 cm³/mol. The van der Waals surface area contributed by atoms with E-state index in [9.17, 15) is 4.39 Å². The molecule has 20 heavy (non-hydrogen) atoms. The molecular weight excluding hydrogens is 329 g/mol. The summed E-state index contributed by atoms with van der Waals surface area (Å²) in [5.41, 5.74) is 6.88. The fraction of sp³-hybridized carbons (Fsp3) is 0.0833. The van der Waals surface area contributed by atoms with Crippen LogP contribution in [0, 0.1) is 5.82 Å². The molecule has 0 atom stereocenters. The van der Waals surface area contributed by atoms with E-state index < -0.39 is 5.82 Å². The van der Waals surface area contributed by atoms with Crippen molar-refractivity contribution in [3.8, 4) is 11.6 Å². The molecule has 0 unspecified atom stereocenters. The van der Waals surface area contributed by atoms with Crippen LogP contribution in [0.25, 0.3) is 16.9 Å². The first-order valence-corrected chi connectivity index (χ1v) is 6.40. The molecule has 3 rings (SSSR count). The fourth-order valence-electron chi connectivity index (χ4n) is 1.96. The third-order valence-corrected chi connectivity index (χ3v) is 3.43. The molecule has 102 valence electrons. The van der Waals surface area contributed by atoms with Gasteiger partial charge in [0, 0.05) is 4.47 Å². The van der Waals surface area contributed by atoms with Crippen LogP contribution < -0.4 is 10.5 Å². The van der Waals surface area contributed by atoms with Crippen LogP contribution in [0.15, 0.2) is 29.0 Å². The van der Waals surface area contributed by atoms with Gasteiger partial charge in [0.05, 0.1) is 7.11 Å². The minimum absolute atomic E-state index is 0.101. The lowest BCUT2D eigenvalue weighted by Crippen LogP contribution is -2.04. The van der Waals surface area contributed by atoms with Gasteiger partial charge >= 0.3 is 0 Å². The molecule has 0 fully saturated rings. The van der Waals surface area contributed by atoms with Gasteiger partial charge in [-0.2, -0.15) is 4.98 Å². The van der Waals surface area contributed by atoms with E-state index in [1.165, 1.54) is 24.1 Å². The van der Waals surface area contributed by atoms with E-state index in [4.69, 9.17) is 10.5 Å². The zero-order valence-electron chi connectivity index (χ0n) is 10.3. The van der Waals surface area contributed by atoms with Crippen molar-refractivity contribution < 1.29 is 9.13 Å². The second-order valence-corrected chi connectivity index (χ2v) is 4.79. The number of hydrogen-bond acceptors (Lipinski definition) is 5. The van der Waals surface area contributed by atoms with Gasteiger partial charge in [-0.05, 0) is 28.1 Å². The van der Waals surface area contributed by atoms with Gasteiger partial charge in [-0.25, -0.2) is 14.4 Å². The summed E-state index contributed by atoms with van der Waals surface area (Å²) < 4.78 is 21.2. The number of hydrogen-bond donors (Lipinski definition) is 1. The number of benzene rings is 1. The number of nitrogen functional groups attached to an aromatic ring is 1. The van der Waals surface area contributed by atoms with Crippen molar-refractivity contribution >= 4 is 33.0 Å². The van der Waals surface area contributed by atoms with Crippen LogP contribution in [-0.2, 0) is 0 Å². The molecule has 0 saturated carbocycles. The Kier molecular flexibility index (Phi) is 3.01. The van der Waals surface area contributed by atoms with Gasteiger partial charge in [0.25, 0.3) is 0 Å². The highest BCUT2D eigenvalue weighted by molar-refractivity contribution is 9.10. The van der Waals surface area contributed by atoms with Crippen LogP contribution in [0.3, 0.4) is 0 Å². The van der Waals surface area contributed by atoms with Crippen molar-refractivity contribution in [2.45, 2.75) is 0 Å². The lowest BCUT2D eigenvalue weighted by molar-refractivity contribution is 0.401. The molecule has 0 saturated heterocycles. The number of methoxy groups -OCH3 is 1. The van der Waals surface area contributed by atoms with Crippen molar-refractivity contribution in [3.63, 3.8) is 0 Å². The van der Waals surface area contributed by atoms with Crippen molar-refractivity contribution in [1.82, 2.24) is 19.5 Å². The van der Waals surface area contributed by atoms with Crippen molar-refractivity contribution in [3.05, 3.63) is 34.8 Å². The summed E-state index contributed by atoms with van der Waals surface area (Å²) >= 11 is 3.31. The summed E-state index contributed by atoms with van der Waals surface area (Å²) in [6, 6.07) is 4.64. The van der Waals surface area contributed by atoms with E-state index in [0.29, 0.717) is 15.6 Å². The van der Waals surface area contributed by atoms with E-state index in [0.717, 1.165) is 0 Å². The molecule has 2 aromatic heterocycles. The minimum Gasteiger partial charge on any atom is -0.479 e. The number of halogens is 2.